The summed E-state index contributed by atoms with van der Waals surface area (Å²) in [6.45, 7) is 1.16. The molecule has 1 aliphatic heterocycles. The first-order chi connectivity index (χ1) is 19.1. The normalized spacial score (nSPS) is 14.7. The SMILES string of the molecule is COc1ccc(S(=O)(=O)N2CCN(c3cc(S(=O)(=O)NCCc4ccc(F)cc4)ccc3OC)CC2)cc1OC. The van der Waals surface area contributed by atoms with E-state index in [9.17, 15) is 21.2 Å². The summed E-state index contributed by atoms with van der Waals surface area (Å²) in [6, 6.07) is 14.9. The van der Waals surface area contributed by atoms with Crippen LogP contribution in [0.25, 0.3) is 0 Å². The highest BCUT2D eigenvalue weighted by Crippen LogP contribution is 2.34. The predicted octanol–water partition coefficient (Wildman–Crippen LogP) is 2.88. The van der Waals surface area contributed by atoms with Crippen molar-refractivity contribution in [3.05, 3.63) is 72.0 Å². The predicted molar refractivity (Wildman–Crippen MR) is 149 cm³/mol. The molecule has 0 spiro atoms. The zero-order chi connectivity index (χ0) is 28.9. The van der Waals surface area contributed by atoms with Crippen molar-refractivity contribution in [3.8, 4) is 17.2 Å². The lowest BCUT2D eigenvalue weighted by Gasteiger charge is -2.36. The highest BCUT2D eigenvalue weighted by Gasteiger charge is 2.31. The summed E-state index contributed by atoms with van der Waals surface area (Å²) >= 11 is 0. The molecule has 1 aliphatic rings. The van der Waals surface area contributed by atoms with Gasteiger partial charge in [-0.1, -0.05) is 12.1 Å². The van der Waals surface area contributed by atoms with E-state index in [2.05, 4.69) is 4.72 Å². The Morgan fingerprint density at radius 3 is 1.98 bits per heavy atom. The fourth-order valence-electron chi connectivity index (χ4n) is 4.44. The molecule has 4 rings (SSSR count). The molecule has 0 aliphatic carbocycles. The molecule has 0 amide bonds. The molecule has 0 radical (unpaired) electrons. The van der Waals surface area contributed by atoms with Gasteiger partial charge in [0.15, 0.2) is 11.5 Å². The third-order valence-electron chi connectivity index (χ3n) is 6.65. The number of sulfonamides is 2. The van der Waals surface area contributed by atoms with E-state index in [4.69, 9.17) is 14.2 Å². The average Bonchev–Trinajstić information content (AvgIpc) is 2.97. The Bertz CT molecular complexity index is 1540. The molecule has 40 heavy (non-hydrogen) atoms. The summed E-state index contributed by atoms with van der Waals surface area (Å²) in [5.74, 6) is 0.866. The van der Waals surface area contributed by atoms with Crippen molar-refractivity contribution in [2.45, 2.75) is 16.2 Å². The van der Waals surface area contributed by atoms with Crippen molar-refractivity contribution in [2.75, 3.05) is 59.0 Å². The Hall–Kier alpha value is -3.39. The number of halogens is 1. The van der Waals surface area contributed by atoms with Crippen molar-refractivity contribution in [1.29, 1.82) is 0 Å². The minimum absolute atomic E-state index is 0.0581. The van der Waals surface area contributed by atoms with Gasteiger partial charge in [-0.2, -0.15) is 4.31 Å². The highest BCUT2D eigenvalue weighted by atomic mass is 32.2. The molecular weight excluding hydrogens is 561 g/mol. The second-order valence-corrected chi connectivity index (χ2v) is 12.7. The van der Waals surface area contributed by atoms with E-state index in [1.807, 2.05) is 4.90 Å². The van der Waals surface area contributed by atoms with E-state index in [1.54, 1.807) is 24.3 Å². The van der Waals surface area contributed by atoms with Crippen LogP contribution in [-0.4, -0.2) is 75.2 Å². The van der Waals surface area contributed by atoms with Crippen LogP contribution in [0.1, 0.15) is 5.56 Å². The lowest BCUT2D eigenvalue weighted by Crippen LogP contribution is -2.48. The third-order valence-corrected chi connectivity index (χ3v) is 10.0. The summed E-state index contributed by atoms with van der Waals surface area (Å²) in [5, 5.41) is 0. The number of methoxy groups -OCH3 is 3. The molecule has 1 heterocycles. The smallest absolute Gasteiger partial charge is 0.243 e. The summed E-state index contributed by atoms with van der Waals surface area (Å²) < 4.78 is 85.7. The number of rotatable bonds is 11. The Kier molecular flexibility index (Phi) is 9.19. The Morgan fingerprint density at radius 2 is 1.35 bits per heavy atom. The van der Waals surface area contributed by atoms with Gasteiger partial charge < -0.3 is 19.1 Å². The van der Waals surface area contributed by atoms with Crippen LogP contribution >= 0.6 is 0 Å². The summed E-state index contributed by atoms with van der Waals surface area (Å²) in [6.07, 6.45) is 0.402. The molecule has 0 atom stereocenters. The van der Waals surface area contributed by atoms with Gasteiger partial charge in [0.1, 0.15) is 11.6 Å². The first-order valence-electron chi connectivity index (χ1n) is 12.5. The monoisotopic (exact) mass is 593 g/mol. The van der Waals surface area contributed by atoms with Gasteiger partial charge in [-0.05, 0) is 54.4 Å². The Balaban J connectivity index is 1.46. The van der Waals surface area contributed by atoms with Crippen molar-refractivity contribution >= 4 is 25.7 Å². The lowest BCUT2D eigenvalue weighted by molar-refractivity contribution is 0.352. The van der Waals surface area contributed by atoms with E-state index in [-0.39, 0.29) is 35.2 Å². The van der Waals surface area contributed by atoms with Gasteiger partial charge in [0.2, 0.25) is 20.0 Å². The molecule has 10 nitrogen and oxygen atoms in total. The van der Waals surface area contributed by atoms with E-state index >= 15 is 0 Å². The van der Waals surface area contributed by atoms with E-state index < -0.39 is 20.0 Å². The van der Waals surface area contributed by atoms with Crippen molar-refractivity contribution in [1.82, 2.24) is 9.03 Å². The Labute approximate surface area is 234 Å². The van der Waals surface area contributed by atoms with Crippen LogP contribution in [0.4, 0.5) is 10.1 Å². The third kappa shape index (κ3) is 6.49. The van der Waals surface area contributed by atoms with Crippen LogP contribution in [0.15, 0.2) is 70.5 Å². The van der Waals surface area contributed by atoms with Gasteiger partial charge in [-0.15, -0.1) is 0 Å². The zero-order valence-electron chi connectivity index (χ0n) is 22.5. The molecule has 0 bridgehead atoms. The number of piperazine rings is 1. The molecule has 3 aromatic rings. The number of hydrogen-bond acceptors (Lipinski definition) is 8. The summed E-state index contributed by atoms with van der Waals surface area (Å²) in [4.78, 5) is 2.05. The largest absolute Gasteiger partial charge is 0.495 e. The quantitative estimate of drug-likeness (QED) is 0.361. The van der Waals surface area contributed by atoms with Crippen LogP contribution in [-0.2, 0) is 26.5 Å². The number of anilines is 1. The highest BCUT2D eigenvalue weighted by molar-refractivity contribution is 7.89. The van der Waals surface area contributed by atoms with Gasteiger partial charge in [0.05, 0.1) is 36.8 Å². The molecule has 1 fully saturated rings. The topological polar surface area (TPSA) is 114 Å². The van der Waals surface area contributed by atoms with Crippen molar-refractivity contribution in [3.63, 3.8) is 0 Å². The maximum absolute atomic E-state index is 13.3. The number of ether oxygens (including phenoxy) is 3. The van der Waals surface area contributed by atoms with Crippen LogP contribution in [0.3, 0.4) is 0 Å². The van der Waals surface area contributed by atoms with Crippen molar-refractivity contribution in [2.24, 2.45) is 0 Å². The first kappa shape index (κ1) is 29.6. The van der Waals surface area contributed by atoms with E-state index in [0.29, 0.717) is 42.4 Å². The van der Waals surface area contributed by atoms with Crippen LogP contribution in [0, 0.1) is 5.82 Å². The number of hydrogen-bond donors (Lipinski definition) is 1. The fraction of sp³-hybridized carbons (Fsp3) is 0.333. The van der Waals surface area contributed by atoms with Gasteiger partial charge in [0.25, 0.3) is 0 Å². The van der Waals surface area contributed by atoms with E-state index in [0.717, 1.165) is 5.56 Å². The molecule has 0 aromatic heterocycles. The molecule has 1 saturated heterocycles. The number of nitrogens with one attached hydrogen (secondary N) is 1. The van der Waals surface area contributed by atoms with E-state index in [1.165, 1.54) is 62.0 Å². The van der Waals surface area contributed by atoms with Gasteiger partial charge >= 0.3 is 0 Å². The second kappa shape index (κ2) is 12.4. The maximum atomic E-state index is 13.3. The minimum atomic E-state index is -3.84. The zero-order valence-corrected chi connectivity index (χ0v) is 24.1. The summed E-state index contributed by atoms with van der Waals surface area (Å²) in [7, 11) is -3.23. The fourth-order valence-corrected chi connectivity index (χ4v) is 6.93. The van der Waals surface area contributed by atoms with Crippen LogP contribution in [0.2, 0.25) is 0 Å². The van der Waals surface area contributed by atoms with Crippen LogP contribution in [0.5, 0.6) is 17.2 Å². The molecule has 216 valence electrons. The van der Waals surface area contributed by atoms with Crippen LogP contribution < -0.4 is 23.8 Å². The minimum Gasteiger partial charge on any atom is -0.495 e. The molecular formula is C27H32FN3O7S2. The molecule has 3 aromatic carbocycles. The number of nitrogens with zero attached hydrogens (tertiary/aromatic N) is 2. The summed E-state index contributed by atoms with van der Waals surface area (Å²) in [5.41, 5.74) is 1.35. The van der Waals surface area contributed by atoms with Gasteiger partial charge in [-0.3, -0.25) is 0 Å². The van der Waals surface area contributed by atoms with Gasteiger partial charge in [0, 0.05) is 38.8 Å². The van der Waals surface area contributed by atoms with Crippen molar-refractivity contribution < 1.29 is 35.4 Å². The number of benzene rings is 3. The molecule has 0 saturated carbocycles. The molecule has 0 unspecified atom stereocenters. The molecule has 13 heteroatoms. The Morgan fingerprint density at radius 1 is 0.750 bits per heavy atom. The second-order valence-electron chi connectivity index (χ2n) is 9.02. The lowest BCUT2D eigenvalue weighted by atomic mass is 10.1. The first-order valence-corrected chi connectivity index (χ1v) is 15.4. The standard InChI is InChI=1S/C27H32FN3O7S2/c1-36-25-10-8-22(39(32,33)29-13-12-20-4-6-21(28)7-5-20)18-24(25)30-14-16-31(17-15-30)40(34,35)23-9-11-26(37-2)27(19-23)38-3/h4-11,18-19,29H,12-17H2,1-3H3. The molecule has 1 N–H and O–H groups in total. The van der Waals surface area contributed by atoms with Gasteiger partial charge in [-0.25, -0.2) is 25.9 Å². The average molecular weight is 594 g/mol. The maximum Gasteiger partial charge on any atom is 0.243 e.